The van der Waals surface area contributed by atoms with Gasteiger partial charge in [-0.15, -0.1) is 0 Å². The number of thioether (sulfide) groups is 1. The third-order valence-electron chi connectivity index (χ3n) is 5.88. The van der Waals surface area contributed by atoms with Crippen LogP contribution in [-0.2, 0) is 4.79 Å². The molecule has 0 aliphatic heterocycles. The second kappa shape index (κ2) is 12.7. The molecule has 4 rings (SSSR count). The average Bonchev–Trinajstić information content (AvgIpc) is 2.99. The molecular weight excluding hydrogens is 514 g/mol. The third-order valence-corrected chi connectivity index (χ3v) is 6.86. The second-order valence-corrected chi connectivity index (χ2v) is 9.15. The summed E-state index contributed by atoms with van der Waals surface area (Å²) in [6, 6.07) is 24.5. The number of aromatic nitrogens is 1. The number of carbonyl (C=O) groups is 1. The number of pyridine rings is 1. The minimum Gasteiger partial charge on any atom is -0.497 e. The highest BCUT2D eigenvalue weighted by Gasteiger charge is 2.19. The van der Waals surface area contributed by atoms with Crippen molar-refractivity contribution in [2.75, 3.05) is 39.5 Å². The summed E-state index contributed by atoms with van der Waals surface area (Å²) in [5.74, 6) is 1.97. The largest absolute Gasteiger partial charge is 0.497 e. The molecule has 0 bridgehead atoms. The fraction of sp³-hybridized carbons (Fsp3) is 0.167. The Balaban J connectivity index is 1.70. The first kappa shape index (κ1) is 27.4. The minimum atomic E-state index is -0.271. The highest BCUT2D eigenvalue weighted by atomic mass is 32.2. The van der Waals surface area contributed by atoms with Crippen molar-refractivity contribution in [3.05, 3.63) is 78.4 Å². The lowest BCUT2D eigenvalue weighted by Crippen LogP contribution is -2.15. The Morgan fingerprint density at radius 2 is 1.59 bits per heavy atom. The van der Waals surface area contributed by atoms with E-state index in [-0.39, 0.29) is 11.7 Å². The summed E-state index contributed by atoms with van der Waals surface area (Å²) >= 11 is 1.19. The Kier molecular flexibility index (Phi) is 8.92. The Morgan fingerprint density at radius 3 is 2.26 bits per heavy atom. The lowest BCUT2D eigenvalue weighted by Gasteiger charge is -2.15. The zero-order valence-corrected chi connectivity index (χ0v) is 22.8. The molecule has 0 fully saturated rings. The first-order chi connectivity index (χ1) is 19.0. The van der Waals surface area contributed by atoms with Crippen LogP contribution in [0.2, 0.25) is 0 Å². The SMILES string of the molecule is COc1ccc(NC(=O)CSc2nc(-c3ccccc3)cc(-c3ccc(OC)c(OC)c3)c2C#N)c(OC)c1. The van der Waals surface area contributed by atoms with Gasteiger partial charge in [0.25, 0.3) is 0 Å². The molecular formula is C30H27N3O5S. The number of hydrogen-bond acceptors (Lipinski definition) is 8. The normalized spacial score (nSPS) is 10.3. The molecule has 0 saturated carbocycles. The molecule has 1 heterocycles. The quantitative estimate of drug-likeness (QED) is 0.242. The van der Waals surface area contributed by atoms with Gasteiger partial charge in [-0.1, -0.05) is 48.2 Å². The molecule has 3 aromatic carbocycles. The molecule has 39 heavy (non-hydrogen) atoms. The number of amides is 1. The molecule has 0 spiro atoms. The topological polar surface area (TPSA) is 103 Å². The second-order valence-electron chi connectivity index (χ2n) is 8.19. The number of carbonyl (C=O) groups excluding carboxylic acids is 1. The van der Waals surface area contributed by atoms with Crippen LogP contribution < -0.4 is 24.3 Å². The van der Waals surface area contributed by atoms with Gasteiger partial charge < -0.3 is 24.3 Å². The van der Waals surface area contributed by atoms with Gasteiger partial charge in [-0.3, -0.25) is 4.79 Å². The molecule has 1 aromatic heterocycles. The summed E-state index contributed by atoms with van der Waals surface area (Å²) in [5, 5.41) is 13.5. The maximum atomic E-state index is 12.9. The van der Waals surface area contributed by atoms with E-state index < -0.39 is 0 Å². The van der Waals surface area contributed by atoms with Gasteiger partial charge >= 0.3 is 0 Å². The number of ether oxygens (including phenoxy) is 4. The molecule has 0 unspecified atom stereocenters. The number of anilines is 1. The van der Waals surface area contributed by atoms with Gasteiger partial charge in [0.15, 0.2) is 11.5 Å². The number of rotatable bonds is 10. The Bertz CT molecular complexity index is 1520. The standard InChI is InChI=1S/C30H27N3O5S/c1-35-21-11-12-24(27(15-21)37-3)32-29(34)18-39-30-23(17-31)22(16-25(33-30)19-8-6-5-7-9-19)20-10-13-26(36-2)28(14-20)38-4/h5-16H,18H2,1-4H3,(H,32,34). The van der Waals surface area contributed by atoms with Crippen LogP contribution in [0.15, 0.2) is 77.8 Å². The van der Waals surface area contributed by atoms with Crippen LogP contribution >= 0.6 is 11.8 Å². The molecule has 4 aromatic rings. The van der Waals surface area contributed by atoms with Gasteiger partial charge in [0, 0.05) is 17.2 Å². The van der Waals surface area contributed by atoms with E-state index in [1.165, 1.54) is 18.9 Å². The van der Waals surface area contributed by atoms with Gasteiger partial charge in [-0.2, -0.15) is 5.26 Å². The van der Waals surface area contributed by atoms with Gasteiger partial charge in [0.1, 0.15) is 22.6 Å². The number of nitrogens with zero attached hydrogens (tertiary/aromatic N) is 2. The van der Waals surface area contributed by atoms with E-state index >= 15 is 0 Å². The van der Waals surface area contributed by atoms with E-state index in [9.17, 15) is 10.1 Å². The number of nitrogens with one attached hydrogen (secondary N) is 1. The fourth-order valence-electron chi connectivity index (χ4n) is 3.94. The summed E-state index contributed by atoms with van der Waals surface area (Å²) in [5.41, 5.74) is 3.88. The third kappa shape index (κ3) is 6.25. The molecule has 0 aliphatic rings. The maximum absolute atomic E-state index is 12.9. The van der Waals surface area contributed by atoms with E-state index in [1.54, 1.807) is 45.6 Å². The lowest BCUT2D eigenvalue weighted by molar-refractivity contribution is -0.113. The van der Waals surface area contributed by atoms with Gasteiger partial charge in [-0.05, 0) is 35.9 Å². The van der Waals surface area contributed by atoms with Gasteiger partial charge in [0.05, 0.1) is 51.1 Å². The van der Waals surface area contributed by atoms with Crippen molar-refractivity contribution in [2.45, 2.75) is 5.03 Å². The smallest absolute Gasteiger partial charge is 0.234 e. The van der Waals surface area contributed by atoms with Crippen molar-refractivity contribution < 1.29 is 23.7 Å². The van der Waals surface area contributed by atoms with Crippen molar-refractivity contribution in [3.63, 3.8) is 0 Å². The maximum Gasteiger partial charge on any atom is 0.234 e. The Labute approximate surface area is 231 Å². The zero-order chi connectivity index (χ0) is 27.8. The lowest BCUT2D eigenvalue weighted by atomic mass is 9.99. The zero-order valence-electron chi connectivity index (χ0n) is 22.0. The van der Waals surface area contributed by atoms with Crippen molar-refractivity contribution in [1.29, 1.82) is 5.26 Å². The first-order valence-electron chi connectivity index (χ1n) is 11.9. The van der Waals surface area contributed by atoms with Crippen molar-refractivity contribution in [2.24, 2.45) is 0 Å². The van der Waals surface area contributed by atoms with Crippen LogP contribution in [0, 0.1) is 11.3 Å². The number of benzene rings is 3. The van der Waals surface area contributed by atoms with Crippen LogP contribution in [0.4, 0.5) is 5.69 Å². The number of nitriles is 1. The molecule has 8 nitrogen and oxygen atoms in total. The van der Waals surface area contributed by atoms with Crippen molar-refractivity contribution >= 4 is 23.4 Å². The van der Waals surface area contributed by atoms with Crippen LogP contribution in [0.1, 0.15) is 5.56 Å². The first-order valence-corrected chi connectivity index (χ1v) is 12.9. The number of methoxy groups -OCH3 is 4. The van der Waals surface area contributed by atoms with Crippen LogP contribution in [0.25, 0.3) is 22.4 Å². The molecule has 0 aliphatic carbocycles. The van der Waals surface area contributed by atoms with Crippen LogP contribution in [-0.4, -0.2) is 45.1 Å². The molecule has 198 valence electrons. The fourth-order valence-corrected chi connectivity index (χ4v) is 4.75. The molecule has 0 radical (unpaired) electrons. The predicted octanol–water partition coefficient (Wildman–Crippen LogP) is 6.05. The van der Waals surface area contributed by atoms with Crippen LogP contribution in [0.3, 0.4) is 0 Å². The Morgan fingerprint density at radius 1 is 0.846 bits per heavy atom. The van der Waals surface area contributed by atoms with Crippen molar-refractivity contribution in [1.82, 2.24) is 4.98 Å². The Hall–Kier alpha value is -4.68. The monoisotopic (exact) mass is 541 g/mol. The van der Waals surface area contributed by atoms with E-state index in [0.717, 1.165) is 11.1 Å². The van der Waals surface area contributed by atoms with E-state index in [1.807, 2.05) is 48.5 Å². The van der Waals surface area contributed by atoms with Crippen LogP contribution in [0.5, 0.6) is 23.0 Å². The summed E-state index contributed by atoms with van der Waals surface area (Å²) in [6.07, 6.45) is 0. The number of hydrogen-bond donors (Lipinski definition) is 1. The summed E-state index contributed by atoms with van der Waals surface area (Å²) in [4.78, 5) is 17.7. The molecule has 0 atom stereocenters. The summed E-state index contributed by atoms with van der Waals surface area (Å²) in [7, 11) is 6.21. The highest BCUT2D eigenvalue weighted by Crippen LogP contribution is 2.38. The average molecular weight is 542 g/mol. The molecule has 1 N–H and O–H groups in total. The molecule has 1 amide bonds. The van der Waals surface area contributed by atoms with E-state index in [4.69, 9.17) is 23.9 Å². The van der Waals surface area contributed by atoms with Crippen molar-refractivity contribution in [3.8, 4) is 51.5 Å². The molecule has 0 saturated heterocycles. The molecule has 9 heteroatoms. The highest BCUT2D eigenvalue weighted by molar-refractivity contribution is 8.00. The summed E-state index contributed by atoms with van der Waals surface area (Å²) < 4.78 is 21.5. The van der Waals surface area contributed by atoms with Gasteiger partial charge in [-0.25, -0.2) is 4.98 Å². The van der Waals surface area contributed by atoms with E-state index in [2.05, 4.69) is 11.4 Å². The van der Waals surface area contributed by atoms with E-state index in [0.29, 0.717) is 50.5 Å². The predicted molar refractivity (Wildman–Crippen MR) is 152 cm³/mol. The summed E-state index contributed by atoms with van der Waals surface area (Å²) in [6.45, 7) is 0. The van der Waals surface area contributed by atoms with Gasteiger partial charge in [0.2, 0.25) is 5.91 Å². The minimum absolute atomic E-state index is 0.0283.